The number of aliphatic carboxylic acids is 1. The second-order valence-electron chi connectivity index (χ2n) is 7.29. The lowest BCUT2D eigenvalue weighted by Gasteiger charge is -2.15. The number of ether oxygens (including phenoxy) is 3. The molecule has 1 fully saturated rings. The van der Waals surface area contributed by atoms with Gasteiger partial charge in [-0.15, -0.1) is 0 Å². The van der Waals surface area contributed by atoms with Crippen LogP contribution in [-0.4, -0.2) is 58.6 Å². The van der Waals surface area contributed by atoms with Gasteiger partial charge in [-0.05, 0) is 43.7 Å². The average molecular weight is 503 g/mol. The largest absolute Gasteiger partial charge is 0.490 e. The van der Waals surface area contributed by atoms with Crippen LogP contribution in [0.1, 0.15) is 35.7 Å². The number of rotatable bonds is 10. The van der Waals surface area contributed by atoms with Gasteiger partial charge in [0.2, 0.25) is 11.5 Å². The van der Waals surface area contributed by atoms with Crippen LogP contribution in [0.25, 0.3) is 6.08 Å². The average Bonchev–Trinajstić information content (AvgIpc) is 3.40. The Kier molecular flexibility index (Phi) is 7.57. The van der Waals surface area contributed by atoms with Crippen molar-refractivity contribution in [2.24, 2.45) is 0 Å². The zero-order chi connectivity index (χ0) is 26.6. The maximum Gasteiger partial charge on any atom is 0.373 e. The van der Waals surface area contributed by atoms with E-state index in [1.165, 1.54) is 38.3 Å². The van der Waals surface area contributed by atoms with Crippen molar-refractivity contribution in [3.63, 3.8) is 0 Å². The van der Waals surface area contributed by atoms with Crippen LogP contribution >= 0.6 is 0 Å². The van der Waals surface area contributed by atoms with Crippen molar-refractivity contribution < 1.29 is 47.8 Å². The number of carbonyl (C=O) groups is 4. The smallest absolute Gasteiger partial charge is 0.373 e. The summed E-state index contributed by atoms with van der Waals surface area (Å²) in [7, 11) is 1.17. The third kappa shape index (κ3) is 5.43. The predicted octanol–water partition coefficient (Wildman–Crippen LogP) is 2.32. The van der Waals surface area contributed by atoms with Gasteiger partial charge in [0.25, 0.3) is 5.91 Å². The van der Waals surface area contributed by atoms with Crippen molar-refractivity contribution in [1.82, 2.24) is 10.2 Å². The van der Waals surface area contributed by atoms with Crippen molar-refractivity contribution in [2.75, 3.05) is 13.7 Å². The Morgan fingerprint density at radius 1 is 1.31 bits per heavy atom. The normalized spacial score (nSPS) is 15.0. The summed E-state index contributed by atoms with van der Waals surface area (Å²) in [6.45, 7) is 2.60. The summed E-state index contributed by atoms with van der Waals surface area (Å²) in [5.74, 6) is -3.29. The highest BCUT2D eigenvalue weighted by Crippen LogP contribution is 2.40. The van der Waals surface area contributed by atoms with Gasteiger partial charge in [-0.1, -0.05) is 0 Å². The van der Waals surface area contributed by atoms with Gasteiger partial charge < -0.3 is 29.1 Å². The molecule has 1 aliphatic rings. The quantitative estimate of drug-likeness (QED) is 0.159. The maximum atomic E-state index is 12.8. The second kappa shape index (κ2) is 10.6. The standard InChI is InChI=1S/C22H21N3O11/c1-4-34-17-9-12(8-15(25(31)32)18(17)35-11(2)20(27)28)7-14-19(26)24(22(30)23-14)10-13-5-6-16(36-13)21(29)33-3/h5-9,11H,4,10H2,1-3H3,(H,23,30)(H,27,28)/b14-7-/t11-/m1/s1. The van der Waals surface area contributed by atoms with E-state index in [4.69, 9.17) is 19.0 Å². The lowest BCUT2D eigenvalue weighted by Crippen LogP contribution is -2.30. The minimum absolute atomic E-state index is 0.0785. The molecule has 1 saturated heterocycles. The molecule has 0 radical (unpaired) electrons. The molecule has 1 aromatic heterocycles. The van der Waals surface area contributed by atoms with Gasteiger partial charge in [0.05, 0.1) is 25.2 Å². The predicted molar refractivity (Wildman–Crippen MR) is 119 cm³/mol. The van der Waals surface area contributed by atoms with E-state index < -0.39 is 40.6 Å². The van der Waals surface area contributed by atoms with Crippen molar-refractivity contribution in [1.29, 1.82) is 0 Å². The molecule has 2 aromatic rings. The number of benzene rings is 1. The number of hydrogen-bond acceptors (Lipinski definition) is 10. The number of amides is 3. The lowest BCUT2D eigenvalue weighted by atomic mass is 10.1. The van der Waals surface area contributed by atoms with Crippen LogP contribution in [0.5, 0.6) is 11.5 Å². The molecular formula is C22H21N3O11. The molecule has 36 heavy (non-hydrogen) atoms. The summed E-state index contributed by atoms with van der Waals surface area (Å²) in [5, 5.41) is 23.2. The number of urea groups is 1. The summed E-state index contributed by atoms with van der Waals surface area (Å²) in [6.07, 6.45) is -0.208. The van der Waals surface area contributed by atoms with E-state index in [9.17, 15) is 29.3 Å². The van der Waals surface area contributed by atoms with Crippen molar-refractivity contribution in [3.8, 4) is 11.5 Å². The van der Waals surface area contributed by atoms with Gasteiger partial charge in [-0.2, -0.15) is 0 Å². The first-order chi connectivity index (χ1) is 17.0. The number of carboxylic acids is 1. The maximum absolute atomic E-state index is 12.8. The van der Waals surface area contributed by atoms with Gasteiger partial charge in [-0.25, -0.2) is 14.4 Å². The second-order valence-corrected chi connectivity index (χ2v) is 7.29. The molecule has 3 amide bonds. The van der Waals surface area contributed by atoms with E-state index in [2.05, 4.69) is 10.1 Å². The number of carbonyl (C=O) groups excluding carboxylic acids is 3. The molecule has 190 valence electrons. The first-order valence-corrected chi connectivity index (χ1v) is 10.4. The minimum atomic E-state index is -1.40. The van der Waals surface area contributed by atoms with Gasteiger partial charge in [-0.3, -0.25) is 19.8 Å². The minimum Gasteiger partial charge on any atom is -0.490 e. The van der Waals surface area contributed by atoms with Crippen LogP contribution in [0.3, 0.4) is 0 Å². The Hall–Kier alpha value is -4.88. The van der Waals surface area contributed by atoms with Crippen LogP contribution in [-0.2, 0) is 20.9 Å². The Morgan fingerprint density at radius 3 is 2.64 bits per heavy atom. The molecule has 2 N–H and O–H groups in total. The number of nitro benzene ring substituents is 1. The molecule has 1 aliphatic heterocycles. The summed E-state index contributed by atoms with van der Waals surface area (Å²) >= 11 is 0. The number of nitrogens with zero attached hydrogens (tertiary/aromatic N) is 2. The van der Waals surface area contributed by atoms with E-state index in [-0.39, 0.29) is 47.4 Å². The van der Waals surface area contributed by atoms with Crippen molar-refractivity contribution >= 4 is 35.6 Å². The van der Waals surface area contributed by atoms with Gasteiger partial charge >= 0.3 is 23.7 Å². The Labute approximate surface area is 203 Å². The van der Waals surface area contributed by atoms with E-state index in [0.717, 1.165) is 11.0 Å². The SMILES string of the molecule is CCOc1cc(/C=C2\NC(=O)N(Cc3ccc(C(=O)OC)o3)C2=O)cc([N+](=O)[O-])c1O[C@H](C)C(=O)O. The molecule has 0 unspecified atom stereocenters. The van der Waals surface area contributed by atoms with Crippen molar-refractivity contribution in [3.05, 3.63) is 57.2 Å². The molecule has 0 spiro atoms. The number of methoxy groups -OCH3 is 1. The number of imide groups is 1. The molecule has 1 atom stereocenters. The van der Waals surface area contributed by atoms with Gasteiger partial charge in [0.1, 0.15) is 11.5 Å². The molecule has 14 nitrogen and oxygen atoms in total. The number of carboxylic acid groups (broad SMARTS) is 1. The fraction of sp³-hybridized carbons (Fsp3) is 0.273. The lowest BCUT2D eigenvalue weighted by molar-refractivity contribution is -0.386. The van der Waals surface area contributed by atoms with Crippen LogP contribution in [0, 0.1) is 10.1 Å². The third-order valence-corrected chi connectivity index (χ3v) is 4.83. The van der Waals surface area contributed by atoms with E-state index in [1.54, 1.807) is 6.92 Å². The molecule has 2 heterocycles. The zero-order valence-electron chi connectivity index (χ0n) is 19.3. The van der Waals surface area contributed by atoms with Gasteiger partial charge in [0, 0.05) is 6.07 Å². The number of esters is 1. The monoisotopic (exact) mass is 503 g/mol. The number of nitrogens with one attached hydrogen (secondary N) is 1. The van der Waals surface area contributed by atoms with Crippen LogP contribution < -0.4 is 14.8 Å². The first-order valence-electron chi connectivity index (χ1n) is 10.4. The fourth-order valence-electron chi connectivity index (χ4n) is 3.15. The Bertz CT molecular complexity index is 1260. The molecule has 1 aromatic carbocycles. The summed E-state index contributed by atoms with van der Waals surface area (Å²) < 4.78 is 20.5. The summed E-state index contributed by atoms with van der Waals surface area (Å²) in [4.78, 5) is 59.6. The third-order valence-electron chi connectivity index (χ3n) is 4.83. The van der Waals surface area contributed by atoms with E-state index >= 15 is 0 Å². The highest BCUT2D eigenvalue weighted by molar-refractivity contribution is 6.13. The number of nitro groups is 1. The number of furan rings is 1. The summed E-state index contributed by atoms with van der Waals surface area (Å²) in [5.41, 5.74) is -0.679. The van der Waals surface area contributed by atoms with Crippen LogP contribution in [0.2, 0.25) is 0 Å². The zero-order valence-corrected chi connectivity index (χ0v) is 19.3. The first kappa shape index (κ1) is 25.7. The highest BCUT2D eigenvalue weighted by Gasteiger charge is 2.35. The molecule has 0 aliphatic carbocycles. The Morgan fingerprint density at radius 2 is 2.03 bits per heavy atom. The van der Waals surface area contributed by atoms with Crippen LogP contribution in [0.4, 0.5) is 10.5 Å². The Balaban J connectivity index is 1.92. The molecule has 0 saturated carbocycles. The number of hydrogen-bond donors (Lipinski definition) is 2. The topological polar surface area (TPSA) is 188 Å². The van der Waals surface area contributed by atoms with Crippen LogP contribution in [0.15, 0.2) is 34.4 Å². The molecule has 0 bridgehead atoms. The highest BCUT2D eigenvalue weighted by atomic mass is 16.6. The van der Waals surface area contributed by atoms with Crippen molar-refractivity contribution in [2.45, 2.75) is 26.5 Å². The summed E-state index contributed by atoms with van der Waals surface area (Å²) in [6, 6.07) is 4.32. The molecule has 14 heteroatoms. The molecule has 3 rings (SSSR count). The van der Waals surface area contributed by atoms with E-state index in [0.29, 0.717) is 0 Å². The van der Waals surface area contributed by atoms with Gasteiger partial charge in [0.15, 0.2) is 11.9 Å². The molecular weight excluding hydrogens is 482 g/mol. The van der Waals surface area contributed by atoms with E-state index in [1.807, 2.05) is 0 Å². The fourth-order valence-corrected chi connectivity index (χ4v) is 3.15.